The van der Waals surface area contributed by atoms with Gasteiger partial charge in [-0.2, -0.15) is 0 Å². The van der Waals surface area contributed by atoms with Gasteiger partial charge in [0.25, 0.3) is 0 Å². The summed E-state index contributed by atoms with van der Waals surface area (Å²) in [5.74, 6) is 0.579. The third-order valence-electron chi connectivity index (χ3n) is 2.12. The summed E-state index contributed by atoms with van der Waals surface area (Å²) in [7, 11) is 0. The van der Waals surface area contributed by atoms with E-state index in [4.69, 9.17) is 0 Å². The molecule has 1 aliphatic carbocycles. The Hall–Kier alpha value is -1.45. The van der Waals surface area contributed by atoms with Crippen LogP contribution in [-0.2, 0) is 6.54 Å². The molecule has 0 unspecified atom stereocenters. The number of rotatable bonds is 4. The molecule has 0 atom stereocenters. The Morgan fingerprint density at radius 3 is 3.15 bits per heavy atom. The second-order valence-corrected chi connectivity index (χ2v) is 3.34. The zero-order valence-electron chi connectivity index (χ0n) is 7.31. The van der Waals surface area contributed by atoms with Crippen LogP contribution in [0.1, 0.15) is 23.3 Å². The molecule has 1 saturated carbocycles. The molecule has 0 aromatic carbocycles. The molecular weight excluding hydrogens is 166 g/mol. The van der Waals surface area contributed by atoms with Gasteiger partial charge in [0.1, 0.15) is 0 Å². The summed E-state index contributed by atoms with van der Waals surface area (Å²) in [5.41, 5.74) is 0.385. The lowest BCUT2D eigenvalue weighted by molar-refractivity contribution is 0.104. The van der Waals surface area contributed by atoms with Crippen molar-refractivity contribution < 1.29 is 4.79 Å². The van der Waals surface area contributed by atoms with Crippen LogP contribution >= 0.6 is 0 Å². The largest absolute Gasteiger partial charge is 0.287 e. The van der Waals surface area contributed by atoms with Crippen LogP contribution in [0.5, 0.6) is 0 Å². The molecule has 0 aliphatic heterocycles. The molecule has 2 rings (SSSR count). The highest BCUT2D eigenvalue weighted by atomic mass is 16.1. The van der Waals surface area contributed by atoms with Gasteiger partial charge in [0.05, 0.1) is 6.20 Å². The van der Waals surface area contributed by atoms with Crippen LogP contribution in [0.25, 0.3) is 0 Å². The molecule has 68 valence electrons. The molecule has 0 N–H and O–H groups in total. The number of hydrogen-bond acceptors (Lipinski definition) is 3. The lowest BCUT2D eigenvalue weighted by atomic mass is 10.3. The van der Waals surface area contributed by atoms with E-state index in [0.717, 1.165) is 12.5 Å². The number of aromatic nitrogens is 3. The number of hydrogen-bond donors (Lipinski definition) is 0. The van der Waals surface area contributed by atoms with Crippen molar-refractivity contribution in [1.82, 2.24) is 15.0 Å². The summed E-state index contributed by atoms with van der Waals surface area (Å²) >= 11 is 0. The van der Waals surface area contributed by atoms with Crippen LogP contribution in [0.3, 0.4) is 0 Å². The molecule has 1 aromatic rings. The summed E-state index contributed by atoms with van der Waals surface area (Å²) in [6.45, 7) is 4.28. The van der Waals surface area contributed by atoms with Gasteiger partial charge in [0, 0.05) is 6.54 Å². The third-order valence-corrected chi connectivity index (χ3v) is 2.12. The van der Waals surface area contributed by atoms with E-state index in [1.165, 1.54) is 18.9 Å². The zero-order chi connectivity index (χ0) is 9.26. The van der Waals surface area contributed by atoms with Crippen molar-refractivity contribution in [2.75, 3.05) is 0 Å². The summed E-state index contributed by atoms with van der Waals surface area (Å²) < 4.78 is 1.73. The van der Waals surface area contributed by atoms with Crippen molar-refractivity contribution in [2.45, 2.75) is 19.4 Å². The van der Waals surface area contributed by atoms with Crippen LogP contribution in [0.15, 0.2) is 18.9 Å². The Bertz CT molecular complexity index is 338. The maximum atomic E-state index is 11.1. The Morgan fingerprint density at radius 2 is 2.54 bits per heavy atom. The van der Waals surface area contributed by atoms with Crippen LogP contribution in [0.2, 0.25) is 0 Å². The SMILES string of the molecule is C=CC(=O)c1cn(CC2CC2)nn1. The van der Waals surface area contributed by atoms with Crippen LogP contribution in [0.4, 0.5) is 0 Å². The van der Waals surface area contributed by atoms with E-state index in [1.54, 1.807) is 10.9 Å². The lowest BCUT2D eigenvalue weighted by Gasteiger charge is -1.93. The summed E-state index contributed by atoms with van der Waals surface area (Å²) in [6, 6.07) is 0. The molecule has 1 heterocycles. The topological polar surface area (TPSA) is 47.8 Å². The van der Waals surface area contributed by atoms with E-state index in [2.05, 4.69) is 16.9 Å². The Balaban J connectivity index is 2.07. The fourth-order valence-electron chi connectivity index (χ4n) is 1.17. The Kier molecular flexibility index (Phi) is 1.96. The second-order valence-electron chi connectivity index (χ2n) is 3.34. The highest BCUT2D eigenvalue weighted by Gasteiger charge is 2.22. The molecule has 0 amide bonds. The number of nitrogens with zero attached hydrogens (tertiary/aromatic N) is 3. The van der Waals surface area contributed by atoms with Crippen molar-refractivity contribution in [3.05, 3.63) is 24.5 Å². The molecule has 4 nitrogen and oxygen atoms in total. The molecule has 1 fully saturated rings. The Labute approximate surface area is 76.2 Å². The third kappa shape index (κ3) is 1.83. The standard InChI is InChI=1S/C9H11N3O/c1-2-9(13)8-6-12(11-10-8)5-7-3-4-7/h2,6-7H,1,3-5H2. The monoisotopic (exact) mass is 177 g/mol. The summed E-state index contributed by atoms with van der Waals surface area (Å²) in [4.78, 5) is 11.1. The van der Waals surface area contributed by atoms with Gasteiger partial charge < -0.3 is 0 Å². The molecule has 0 saturated heterocycles. The van der Waals surface area contributed by atoms with Gasteiger partial charge in [-0.25, -0.2) is 0 Å². The molecule has 0 radical (unpaired) electrons. The maximum Gasteiger partial charge on any atom is 0.207 e. The fraction of sp³-hybridized carbons (Fsp3) is 0.444. The van der Waals surface area contributed by atoms with Crippen LogP contribution in [0, 0.1) is 5.92 Å². The van der Waals surface area contributed by atoms with Gasteiger partial charge >= 0.3 is 0 Å². The first-order valence-corrected chi connectivity index (χ1v) is 4.36. The van der Waals surface area contributed by atoms with Gasteiger partial charge in [-0.1, -0.05) is 11.8 Å². The number of allylic oxidation sites excluding steroid dienone is 1. The van der Waals surface area contributed by atoms with Crippen LogP contribution in [-0.4, -0.2) is 20.8 Å². The van der Waals surface area contributed by atoms with Crippen molar-refractivity contribution in [1.29, 1.82) is 0 Å². The van der Waals surface area contributed by atoms with Gasteiger partial charge in [0.15, 0.2) is 5.69 Å². The van der Waals surface area contributed by atoms with Crippen molar-refractivity contribution in [3.8, 4) is 0 Å². The molecule has 4 heteroatoms. The van der Waals surface area contributed by atoms with Gasteiger partial charge in [-0.3, -0.25) is 9.48 Å². The van der Waals surface area contributed by atoms with Gasteiger partial charge in [-0.05, 0) is 24.8 Å². The average molecular weight is 177 g/mol. The van der Waals surface area contributed by atoms with E-state index < -0.39 is 0 Å². The number of carbonyl (C=O) groups is 1. The molecule has 0 bridgehead atoms. The summed E-state index contributed by atoms with van der Waals surface area (Å²) in [5, 5.41) is 7.62. The highest BCUT2D eigenvalue weighted by molar-refractivity contribution is 6.02. The number of ketones is 1. The molecule has 0 spiro atoms. The van der Waals surface area contributed by atoms with E-state index in [9.17, 15) is 4.79 Å². The van der Waals surface area contributed by atoms with Gasteiger partial charge in [0.2, 0.25) is 5.78 Å². The molecule has 13 heavy (non-hydrogen) atoms. The minimum absolute atomic E-state index is 0.165. The van der Waals surface area contributed by atoms with E-state index >= 15 is 0 Å². The molecule has 1 aromatic heterocycles. The maximum absolute atomic E-state index is 11.1. The Morgan fingerprint density at radius 1 is 1.77 bits per heavy atom. The van der Waals surface area contributed by atoms with E-state index in [1.807, 2.05) is 0 Å². The quantitative estimate of drug-likeness (QED) is 0.510. The molecular formula is C9H11N3O. The lowest BCUT2D eigenvalue weighted by Crippen LogP contribution is -1.99. The van der Waals surface area contributed by atoms with E-state index in [0.29, 0.717) is 5.69 Å². The van der Waals surface area contributed by atoms with E-state index in [-0.39, 0.29) is 5.78 Å². The predicted octanol–water partition coefficient (Wildman–Crippen LogP) is 1.06. The fourth-order valence-corrected chi connectivity index (χ4v) is 1.17. The normalized spacial score (nSPS) is 15.7. The minimum atomic E-state index is -0.165. The van der Waals surface area contributed by atoms with Crippen molar-refractivity contribution in [3.63, 3.8) is 0 Å². The first-order valence-electron chi connectivity index (χ1n) is 4.36. The molecule has 1 aliphatic rings. The zero-order valence-corrected chi connectivity index (χ0v) is 7.31. The highest BCUT2D eigenvalue weighted by Crippen LogP contribution is 2.30. The predicted molar refractivity (Wildman–Crippen MR) is 47.3 cm³/mol. The summed E-state index contributed by atoms with van der Waals surface area (Å²) in [6.07, 6.45) is 5.48. The smallest absolute Gasteiger partial charge is 0.207 e. The van der Waals surface area contributed by atoms with Gasteiger partial charge in [-0.15, -0.1) is 5.10 Å². The van der Waals surface area contributed by atoms with Crippen LogP contribution < -0.4 is 0 Å². The minimum Gasteiger partial charge on any atom is -0.287 e. The van der Waals surface area contributed by atoms with Crippen molar-refractivity contribution >= 4 is 5.78 Å². The second kappa shape index (κ2) is 3.12. The van der Waals surface area contributed by atoms with Crippen molar-refractivity contribution in [2.24, 2.45) is 5.92 Å². The number of carbonyl (C=O) groups excluding carboxylic acids is 1. The average Bonchev–Trinajstić information content (AvgIpc) is 2.81. The first-order chi connectivity index (χ1) is 6.29. The first kappa shape index (κ1) is 8.16.